The number of hydrogen-bond acceptors (Lipinski definition) is 4. The molecule has 47 heavy (non-hydrogen) atoms. The van der Waals surface area contributed by atoms with Gasteiger partial charge in [-0.25, -0.2) is 0 Å². The Morgan fingerprint density at radius 3 is 1.77 bits per heavy atom. The highest BCUT2D eigenvalue weighted by Gasteiger charge is 2.59. The molecule has 0 aliphatic heterocycles. The zero-order valence-corrected chi connectivity index (χ0v) is 31.5. The number of hydrogen-bond donors (Lipinski definition) is 0. The second-order valence-corrected chi connectivity index (χ2v) is 17.5. The molecule has 0 spiro atoms. The normalized spacial score (nSPS) is 34.7. The first-order valence-electron chi connectivity index (χ1n) is 20.8. The molecule has 6 heteroatoms. The highest BCUT2D eigenvalue weighted by Crippen LogP contribution is 2.63. The van der Waals surface area contributed by atoms with Crippen LogP contribution in [0.1, 0.15) is 137 Å². The van der Waals surface area contributed by atoms with Gasteiger partial charge in [0.15, 0.2) is 0 Å². The minimum atomic E-state index is -0.198. The van der Waals surface area contributed by atoms with Gasteiger partial charge in [-0.2, -0.15) is 0 Å². The number of likely N-dealkylation sites (N-methyl/N-ethyl adjacent to an activating group) is 2. The van der Waals surface area contributed by atoms with Gasteiger partial charge < -0.3 is 18.4 Å². The Labute approximate surface area is 289 Å². The smallest absolute Gasteiger partial charge is 0.312 e. The third kappa shape index (κ3) is 8.61. The van der Waals surface area contributed by atoms with E-state index in [9.17, 15) is 9.59 Å². The Kier molecular flexibility index (Phi) is 13.2. The molecule has 270 valence electrons. The minimum absolute atomic E-state index is 0.101. The van der Waals surface area contributed by atoms with Gasteiger partial charge in [0.1, 0.15) is 26.3 Å². The maximum atomic E-state index is 13.8. The molecule has 0 heterocycles. The van der Waals surface area contributed by atoms with Crippen LogP contribution >= 0.6 is 0 Å². The number of fused-ring (bicyclic) bond motifs is 2. The van der Waals surface area contributed by atoms with Crippen LogP contribution in [0.3, 0.4) is 0 Å². The van der Waals surface area contributed by atoms with E-state index >= 15 is 0 Å². The standard InChI is InChI=1S/C41H74N2O4/c1-6-11-18-42(9-4,17-8-3)22-24-47-40(45)41-29-33-26-35(30-41)37(36(27-33)31-41)14-13-20-43(10-5,19-12-7-2)21-23-46-39(44)38-28-32-15-16-34(38)25-32/h32-38H,6-31H2,1-5H3/q+2. The van der Waals surface area contributed by atoms with E-state index in [0.29, 0.717) is 31.0 Å². The van der Waals surface area contributed by atoms with Crippen molar-refractivity contribution >= 4 is 11.9 Å². The number of quaternary nitrogens is 2. The molecule has 0 aromatic carbocycles. The van der Waals surface area contributed by atoms with Crippen molar-refractivity contribution in [3.05, 3.63) is 0 Å². The van der Waals surface area contributed by atoms with Crippen LogP contribution in [-0.4, -0.2) is 86.5 Å². The van der Waals surface area contributed by atoms with E-state index in [-0.39, 0.29) is 23.3 Å². The lowest BCUT2D eigenvalue weighted by molar-refractivity contribution is -0.927. The number of ether oxygens (including phenoxy) is 2. The van der Waals surface area contributed by atoms with Crippen LogP contribution in [0.15, 0.2) is 0 Å². The topological polar surface area (TPSA) is 52.6 Å². The average Bonchev–Trinajstić information content (AvgIpc) is 3.71. The second kappa shape index (κ2) is 16.7. The van der Waals surface area contributed by atoms with Gasteiger partial charge in [0.25, 0.3) is 0 Å². The summed E-state index contributed by atoms with van der Waals surface area (Å²) in [4.78, 5) is 26.8. The lowest BCUT2D eigenvalue weighted by atomic mass is 9.45. The van der Waals surface area contributed by atoms with Crippen LogP contribution in [0.2, 0.25) is 0 Å². The summed E-state index contributed by atoms with van der Waals surface area (Å²) in [5.74, 6) is 4.72. The zero-order valence-electron chi connectivity index (χ0n) is 31.5. The lowest BCUT2D eigenvalue weighted by Gasteiger charge is -2.59. The molecule has 7 atom stereocenters. The highest BCUT2D eigenvalue weighted by molar-refractivity contribution is 5.77. The van der Waals surface area contributed by atoms with Crippen molar-refractivity contribution in [2.75, 3.05) is 65.6 Å². The van der Waals surface area contributed by atoms with Crippen LogP contribution in [0.25, 0.3) is 0 Å². The molecule has 6 aliphatic carbocycles. The van der Waals surface area contributed by atoms with Crippen LogP contribution < -0.4 is 0 Å². The van der Waals surface area contributed by atoms with Crippen molar-refractivity contribution in [3.63, 3.8) is 0 Å². The van der Waals surface area contributed by atoms with Gasteiger partial charge in [-0.1, -0.05) is 40.0 Å². The molecule has 0 amide bonds. The molecule has 6 aliphatic rings. The molecular formula is C41H74N2O4+2. The average molecular weight is 659 g/mol. The maximum Gasteiger partial charge on any atom is 0.312 e. The maximum absolute atomic E-state index is 13.8. The number of unbranched alkanes of at least 4 members (excludes halogenated alkanes) is 2. The van der Waals surface area contributed by atoms with Crippen molar-refractivity contribution in [2.45, 2.75) is 137 Å². The van der Waals surface area contributed by atoms with Gasteiger partial charge in [-0.3, -0.25) is 9.59 Å². The van der Waals surface area contributed by atoms with Gasteiger partial charge in [-0.15, -0.1) is 0 Å². The molecule has 6 saturated carbocycles. The summed E-state index contributed by atoms with van der Waals surface area (Å²) in [6, 6.07) is 0. The van der Waals surface area contributed by atoms with E-state index in [1.807, 2.05) is 0 Å². The SMILES string of the molecule is CCCC[N+](CC)(CCCC1C2CC3CC1CC(C(=O)OCC[N+](CC)(CCC)CCCC)(C3)C2)CCOC(=O)C1CC2CCC1C2. The predicted molar refractivity (Wildman–Crippen MR) is 190 cm³/mol. The van der Waals surface area contributed by atoms with Crippen LogP contribution in [0.5, 0.6) is 0 Å². The van der Waals surface area contributed by atoms with Gasteiger partial charge in [0.05, 0.1) is 50.6 Å². The summed E-state index contributed by atoms with van der Waals surface area (Å²) in [6.45, 7) is 21.7. The largest absolute Gasteiger partial charge is 0.459 e. The molecule has 6 rings (SSSR count). The van der Waals surface area contributed by atoms with Crippen molar-refractivity contribution in [3.8, 4) is 0 Å². The molecule has 0 aromatic heterocycles. The van der Waals surface area contributed by atoms with E-state index in [0.717, 1.165) is 78.6 Å². The first-order valence-corrected chi connectivity index (χ1v) is 20.8. The molecule has 6 fully saturated rings. The summed E-state index contributed by atoms with van der Waals surface area (Å²) in [5, 5.41) is 0. The molecule has 6 bridgehead atoms. The van der Waals surface area contributed by atoms with Crippen molar-refractivity contribution in [2.24, 2.45) is 46.8 Å². The third-order valence-corrected chi connectivity index (χ3v) is 14.7. The number of carbonyl (C=O) groups is 2. The predicted octanol–water partition coefficient (Wildman–Crippen LogP) is 8.42. The Morgan fingerprint density at radius 1 is 0.617 bits per heavy atom. The first-order chi connectivity index (χ1) is 22.7. The van der Waals surface area contributed by atoms with Crippen molar-refractivity contribution < 1.29 is 28.0 Å². The second-order valence-electron chi connectivity index (χ2n) is 17.5. The molecule has 0 aromatic rings. The quantitative estimate of drug-likeness (QED) is 0.0866. The Bertz CT molecular complexity index is 1000. The summed E-state index contributed by atoms with van der Waals surface area (Å²) in [5.41, 5.74) is -0.198. The molecule has 0 N–H and O–H groups in total. The summed E-state index contributed by atoms with van der Waals surface area (Å²) >= 11 is 0. The molecule has 6 nitrogen and oxygen atoms in total. The number of rotatable bonds is 22. The van der Waals surface area contributed by atoms with Gasteiger partial charge in [-0.05, 0) is 133 Å². The van der Waals surface area contributed by atoms with Gasteiger partial charge in [0, 0.05) is 0 Å². The van der Waals surface area contributed by atoms with E-state index in [1.54, 1.807) is 0 Å². The van der Waals surface area contributed by atoms with E-state index in [2.05, 4.69) is 34.6 Å². The van der Waals surface area contributed by atoms with E-state index in [4.69, 9.17) is 9.47 Å². The van der Waals surface area contributed by atoms with Crippen molar-refractivity contribution in [1.82, 2.24) is 0 Å². The number of carbonyl (C=O) groups excluding carboxylic acids is 2. The molecule has 0 radical (unpaired) electrons. The monoisotopic (exact) mass is 659 g/mol. The number of esters is 2. The van der Waals surface area contributed by atoms with E-state index in [1.165, 1.54) is 103 Å². The van der Waals surface area contributed by atoms with Crippen LogP contribution in [0.4, 0.5) is 0 Å². The van der Waals surface area contributed by atoms with E-state index < -0.39 is 0 Å². The Hall–Kier alpha value is -1.14. The van der Waals surface area contributed by atoms with Crippen LogP contribution in [-0.2, 0) is 19.1 Å². The Morgan fingerprint density at radius 2 is 1.21 bits per heavy atom. The highest BCUT2D eigenvalue weighted by atomic mass is 16.5. The van der Waals surface area contributed by atoms with Crippen LogP contribution in [0, 0.1) is 46.8 Å². The molecule has 7 unspecified atom stereocenters. The van der Waals surface area contributed by atoms with Gasteiger partial charge in [0.2, 0.25) is 0 Å². The van der Waals surface area contributed by atoms with Crippen molar-refractivity contribution in [1.29, 1.82) is 0 Å². The summed E-state index contributed by atoms with van der Waals surface area (Å²) in [6.07, 6.45) is 19.5. The lowest BCUT2D eigenvalue weighted by Crippen LogP contribution is -2.55. The molecular weight excluding hydrogens is 584 g/mol. The summed E-state index contributed by atoms with van der Waals surface area (Å²) in [7, 11) is 0. The fourth-order valence-electron chi connectivity index (χ4n) is 12.1. The zero-order chi connectivity index (χ0) is 33.5. The fraction of sp³-hybridized carbons (Fsp3) is 0.951. The van der Waals surface area contributed by atoms with Gasteiger partial charge >= 0.3 is 11.9 Å². The third-order valence-electron chi connectivity index (χ3n) is 14.7. The minimum Gasteiger partial charge on any atom is -0.459 e. The Balaban J connectivity index is 1.11. The molecule has 0 saturated heterocycles. The summed E-state index contributed by atoms with van der Waals surface area (Å²) < 4.78 is 14.4. The first kappa shape index (κ1) is 37.1. The fourth-order valence-corrected chi connectivity index (χ4v) is 12.1. The number of nitrogens with zero attached hydrogens (tertiary/aromatic N) is 2.